The lowest BCUT2D eigenvalue weighted by Gasteiger charge is -2.22. The Hall–Kier alpha value is -1.06. The number of hydrogen-bond donors (Lipinski definition) is 0. The lowest BCUT2D eigenvalue weighted by atomic mass is 10.2. The highest BCUT2D eigenvalue weighted by Crippen LogP contribution is 2.18. The van der Waals surface area contributed by atoms with Gasteiger partial charge in [-0.25, -0.2) is 0 Å². The summed E-state index contributed by atoms with van der Waals surface area (Å²) in [6.45, 7) is 8.37. The number of amides is 1. The third-order valence-corrected chi connectivity index (χ3v) is 2.84. The summed E-state index contributed by atoms with van der Waals surface area (Å²) >= 11 is 0. The number of ether oxygens (including phenoxy) is 1. The van der Waals surface area contributed by atoms with Crippen LogP contribution in [0.5, 0.6) is 0 Å². The minimum absolute atomic E-state index is 0.0702. The number of hydrogen-bond acceptors (Lipinski definition) is 3. The van der Waals surface area contributed by atoms with Crippen LogP contribution in [0.4, 0.5) is 0 Å². The molecular formula is C13H23NO3. The summed E-state index contributed by atoms with van der Waals surface area (Å²) in [5.74, 6) is -0.224. The van der Waals surface area contributed by atoms with Gasteiger partial charge in [-0.1, -0.05) is 0 Å². The van der Waals surface area contributed by atoms with E-state index in [2.05, 4.69) is 6.92 Å². The molecule has 1 aliphatic rings. The maximum Gasteiger partial charge on any atom is 0.306 e. The molecule has 0 aromatic rings. The minimum Gasteiger partial charge on any atom is -0.460 e. The molecule has 0 aromatic carbocycles. The van der Waals surface area contributed by atoms with Gasteiger partial charge in [0.15, 0.2) is 0 Å². The molecular weight excluding hydrogens is 218 g/mol. The molecule has 4 heteroatoms. The summed E-state index contributed by atoms with van der Waals surface area (Å²) in [6, 6.07) is 0.320. The smallest absolute Gasteiger partial charge is 0.306 e. The summed E-state index contributed by atoms with van der Waals surface area (Å²) in [5, 5.41) is 0. The monoisotopic (exact) mass is 241 g/mol. The Bertz CT molecular complexity index is 294. The van der Waals surface area contributed by atoms with E-state index in [-0.39, 0.29) is 24.7 Å². The average molecular weight is 241 g/mol. The van der Waals surface area contributed by atoms with Gasteiger partial charge in [0.2, 0.25) is 5.91 Å². The van der Waals surface area contributed by atoms with E-state index in [1.807, 2.05) is 25.7 Å². The van der Waals surface area contributed by atoms with Crippen LogP contribution < -0.4 is 0 Å². The maximum absolute atomic E-state index is 11.8. The van der Waals surface area contributed by atoms with Crippen LogP contribution >= 0.6 is 0 Å². The zero-order chi connectivity index (χ0) is 13.1. The van der Waals surface area contributed by atoms with Crippen LogP contribution in [0.2, 0.25) is 0 Å². The number of likely N-dealkylation sites (tertiary alicyclic amines) is 1. The second kappa shape index (κ2) is 5.52. The molecule has 1 rings (SSSR count). The first-order valence-electron chi connectivity index (χ1n) is 6.31. The third kappa shape index (κ3) is 4.75. The molecule has 0 spiro atoms. The van der Waals surface area contributed by atoms with Gasteiger partial charge in [-0.3, -0.25) is 9.59 Å². The Kier molecular flexibility index (Phi) is 4.54. The van der Waals surface area contributed by atoms with Crippen molar-refractivity contribution in [2.45, 2.75) is 65.0 Å². The zero-order valence-electron chi connectivity index (χ0n) is 11.3. The first-order valence-corrected chi connectivity index (χ1v) is 6.31. The van der Waals surface area contributed by atoms with Crippen molar-refractivity contribution in [3.05, 3.63) is 0 Å². The Labute approximate surface area is 103 Å². The highest BCUT2D eigenvalue weighted by molar-refractivity contribution is 5.81. The van der Waals surface area contributed by atoms with Gasteiger partial charge >= 0.3 is 5.97 Å². The van der Waals surface area contributed by atoms with Crippen LogP contribution in [0.1, 0.15) is 53.4 Å². The van der Waals surface area contributed by atoms with Gasteiger partial charge in [0.25, 0.3) is 0 Å². The van der Waals surface area contributed by atoms with E-state index in [0.717, 1.165) is 19.4 Å². The quantitative estimate of drug-likeness (QED) is 0.711. The van der Waals surface area contributed by atoms with E-state index >= 15 is 0 Å². The fourth-order valence-corrected chi connectivity index (χ4v) is 2.05. The van der Waals surface area contributed by atoms with E-state index < -0.39 is 5.60 Å². The maximum atomic E-state index is 11.8. The number of carbonyl (C=O) groups excluding carboxylic acids is 2. The minimum atomic E-state index is -0.471. The van der Waals surface area contributed by atoms with Crippen LogP contribution in [0, 0.1) is 0 Å². The molecule has 4 nitrogen and oxygen atoms in total. The van der Waals surface area contributed by atoms with Gasteiger partial charge in [-0.05, 0) is 40.5 Å². The SMILES string of the molecule is CC1CCCN1C(=O)CCC(=O)OC(C)(C)C. The van der Waals surface area contributed by atoms with Crippen molar-refractivity contribution >= 4 is 11.9 Å². The Morgan fingerprint density at radius 3 is 2.41 bits per heavy atom. The van der Waals surface area contributed by atoms with Gasteiger partial charge in [0, 0.05) is 19.0 Å². The standard InChI is InChI=1S/C13H23NO3/c1-10-6-5-9-14(10)11(15)7-8-12(16)17-13(2,3)4/h10H,5-9H2,1-4H3. The molecule has 1 amide bonds. The molecule has 0 bridgehead atoms. The van der Waals surface area contributed by atoms with Gasteiger partial charge in [-0.2, -0.15) is 0 Å². The van der Waals surface area contributed by atoms with Crippen LogP contribution in [-0.4, -0.2) is 35.0 Å². The molecule has 0 aliphatic carbocycles. The van der Waals surface area contributed by atoms with Crippen LogP contribution in [0.15, 0.2) is 0 Å². The average Bonchev–Trinajstić information content (AvgIpc) is 2.58. The molecule has 0 radical (unpaired) electrons. The van der Waals surface area contributed by atoms with Gasteiger partial charge in [-0.15, -0.1) is 0 Å². The van der Waals surface area contributed by atoms with E-state index in [9.17, 15) is 9.59 Å². The Balaban J connectivity index is 2.31. The van der Waals surface area contributed by atoms with Crippen molar-refractivity contribution < 1.29 is 14.3 Å². The van der Waals surface area contributed by atoms with E-state index in [4.69, 9.17) is 4.74 Å². The zero-order valence-corrected chi connectivity index (χ0v) is 11.3. The molecule has 0 N–H and O–H groups in total. The first kappa shape index (κ1) is 14.0. The molecule has 1 fully saturated rings. The summed E-state index contributed by atoms with van der Waals surface area (Å²) < 4.78 is 5.17. The van der Waals surface area contributed by atoms with Gasteiger partial charge in [0.05, 0.1) is 6.42 Å². The predicted octanol–water partition coefficient (Wildman–Crippen LogP) is 2.12. The molecule has 17 heavy (non-hydrogen) atoms. The number of esters is 1. The highest BCUT2D eigenvalue weighted by atomic mass is 16.6. The lowest BCUT2D eigenvalue weighted by molar-refractivity contribution is -0.156. The van der Waals surface area contributed by atoms with Crippen LogP contribution in [0.3, 0.4) is 0 Å². The van der Waals surface area contributed by atoms with Crippen LogP contribution in [-0.2, 0) is 14.3 Å². The van der Waals surface area contributed by atoms with E-state index in [0.29, 0.717) is 6.04 Å². The fraction of sp³-hybridized carbons (Fsp3) is 0.846. The first-order chi connectivity index (χ1) is 7.79. The molecule has 0 saturated carbocycles. The molecule has 1 heterocycles. The largest absolute Gasteiger partial charge is 0.460 e. The second-order valence-corrected chi connectivity index (χ2v) is 5.66. The lowest BCUT2D eigenvalue weighted by Crippen LogP contribution is -2.34. The summed E-state index contributed by atoms with van der Waals surface area (Å²) in [7, 11) is 0. The molecule has 0 aromatic heterocycles. The van der Waals surface area contributed by atoms with Crippen molar-refractivity contribution in [1.29, 1.82) is 0 Å². The summed E-state index contributed by atoms with van der Waals surface area (Å²) in [5.41, 5.74) is -0.471. The van der Waals surface area contributed by atoms with Crippen LogP contribution in [0.25, 0.3) is 0 Å². The van der Waals surface area contributed by atoms with E-state index in [1.165, 1.54) is 0 Å². The van der Waals surface area contributed by atoms with Crippen molar-refractivity contribution in [3.8, 4) is 0 Å². The normalized spacial score (nSPS) is 20.5. The second-order valence-electron chi connectivity index (χ2n) is 5.66. The fourth-order valence-electron chi connectivity index (χ4n) is 2.05. The molecule has 98 valence electrons. The Morgan fingerprint density at radius 2 is 1.94 bits per heavy atom. The van der Waals surface area contributed by atoms with Crippen molar-refractivity contribution in [3.63, 3.8) is 0 Å². The van der Waals surface area contributed by atoms with Gasteiger partial charge in [0.1, 0.15) is 5.60 Å². The van der Waals surface area contributed by atoms with E-state index in [1.54, 1.807) is 0 Å². The predicted molar refractivity (Wildman–Crippen MR) is 65.5 cm³/mol. The highest BCUT2D eigenvalue weighted by Gasteiger charge is 2.25. The number of nitrogens with zero attached hydrogens (tertiary/aromatic N) is 1. The summed E-state index contributed by atoms with van der Waals surface area (Å²) in [4.78, 5) is 25.2. The Morgan fingerprint density at radius 1 is 1.29 bits per heavy atom. The number of rotatable bonds is 3. The topological polar surface area (TPSA) is 46.6 Å². The van der Waals surface area contributed by atoms with Crippen molar-refractivity contribution in [1.82, 2.24) is 4.90 Å². The molecule has 1 saturated heterocycles. The molecule has 1 aliphatic heterocycles. The molecule has 1 atom stereocenters. The third-order valence-electron chi connectivity index (χ3n) is 2.84. The van der Waals surface area contributed by atoms with Gasteiger partial charge < -0.3 is 9.64 Å². The number of carbonyl (C=O) groups is 2. The van der Waals surface area contributed by atoms with Crippen molar-refractivity contribution in [2.24, 2.45) is 0 Å². The molecule has 1 unspecified atom stereocenters. The summed E-state index contributed by atoms with van der Waals surface area (Å²) in [6.07, 6.45) is 2.58. The van der Waals surface area contributed by atoms with Crippen molar-refractivity contribution in [2.75, 3.05) is 6.54 Å².